The predicted molar refractivity (Wildman–Crippen MR) is 78.0 cm³/mol. The third-order valence-corrected chi connectivity index (χ3v) is 3.47. The molecule has 0 aromatic heterocycles. The van der Waals surface area contributed by atoms with Gasteiger partial charge in [-0.15, -0.1) is 0 Å². The molecule has 1 fully saturated rings. The van der Waals surface area contributed by atoms with E-state index in [1.165, 1.54) is 0 Å². The van der Waals surface area contributed by atoms with Crippen molar-refractivity contribution >= 4 is 5.91 Å². The zero-order chi connectivity index (χ0) is 15.1. The first kappa shape index (κ1) is 15.2. The summed E-state index contributed by atoms with van der Waals surface area (Å²) in [5, 5.41) is 11.4. The van der Waals surface area contributed by atoms with Crippen molar-refractivity contribution in [1.82, 2.24) is 5.32 Å². The average molecular weight is 288 g/mol. The highest BCUT2D eigenvalue weighted by molar-refractivity contribution is 5.78. The molecule has 5 heteroatoms. The molecule has 0 spiro atoms. The third kappa shape index (κ3) is 4.12. The molecule has 112 valence electrons. The number of amides is 1. The Morgan fingerprint density at radius 1 is 1.38 bits per heavy atom. The summed E-state index contributed by atoms with van der Waals surface area (Å²) < 4.78 is 11.6. The normalized spacial score (nSPS) is 20.6. The largest absolute Gasteiger partial charge is 0.490 e. The van der Waals surface area contributed by atoms with Gasteiger partial charge in [0.1, 0.15) is 12.5 Å². The van der Waals surface area contributed by atoms with Gasteiger partial charge >= 0.3 is 0 Å². The summed E-state index contributed by atoms with van der Waals surface area (Å²) in [6.07, 6.45) is 2.57. The molecule has 2 rings (SSSR count). The number of benzene rings is 1. The highest BCUT2D eigenvalue weighted by Crippen LogP contribution is 2.31. The lowest BCUT2D eigenvalue weighted by molar-refractivity contribution is -0.121. The summed E-state index contributed by atoms with van der Waals surface area (Å²) in [6, 6.07) is 9.36. The summed E-state index contributed by atoms with van der Waals surface area (Å²) in [5.41, 5.74) is 0. The fourth-order valence-corrected chi connectivity index (χ4v) is 2.55. The maximum Gasteiger partial charge on any atom is 0.234 e. The molecule has 1 aromatic rings. The van der Waals surface area contributed by atoms with Gasteiger partial charge in [0.2, 0.25) is 5.91 Å². The van der Waals surface area contributed by atoms with Gasteiger partial charge in [-0.2, -0.15) is 5.26 Å². The van der Waals surface area contributed by atoms with E-state index in [-0.39, 0.29) is 24.5 Å². The molecule has 21 heavy (non-hydrogen) atoms. The van der Waals surface area contributed by atoms with Crippen LogP contribution in [0.4, 0.5) is 0 Å². The van der Waals surface area contributed by atoms with Gasteiger partial charge in [-0.25, -0.2) is 0 Å². The number of nitrogens with one attached hydrogen (secondary N) is 1. The van der Waals surface area contributed by atoms with Gasteiger partial charge in [0.15, 0.2) is 11.5 Å². The fourth-order valence-electron chi connectivity index (χ4n) is 2.55. The number of nitrogens with zero attached hydrogens (tertiary/aromatic N) is 1. The molecule has 1 N–H and O–H groups in total. The van der Waals surface area contributed by atoms with Crippen LogP contribution < -0.4 is 14.8 Å². The first-order valence-electron chi connectivity index (χ1n) is 7.29. The minimum absolute atomic E-state index is 0.0412. The zero-order valence-electron chi connectivity index (χ0n) is 12.2. The maximum absolute atomic E-state index is 11.6. The number of ether oxygens (including phenoxy) is 2. The number of rotatable bonds is 6. The van der Waals surface area contributed by atoms with Crippen LogP contribution in [0.2, 0.25) is 0 Å². The van der Waals surface area contributed by atoms with Gasteiger partial charge in [0.05, 0.1) is 18.7 Å². The topological polar surface area (TPSA) is 71.3 Å². The molecule has 0 saturated heterocycles. The molecule has 1 aromatic carbocycles. The lowest BCUT2D eigenvalue weighted by Crippen LogP contribution is -2.42. The second kappa shape index (κ2) is 7.53. The first-order valence-corrected chi connectivity index (χ1v) is 7.29. The lowest BCUT2D eigenvalue weighted by atomic mass is 10.2. The molecular weight excluding hydrogens is 268 g/mol. The average Bonchev–Trinajstić information content (AvgIpc) is 2.89. The molecule has 0 bridgehead atoms. The Bertz CT molecular complexity index is 524. The van der Waals surface area contributed by atoms with Crippen LogP contribution in [0.5, 0.6) is 11.5 Å². The van der Waals surface area contributed by atoms with E-state index < -0.39 is 0 Å². The molecule has 1 saturated carbocycles. The Hall–Kier alpha value is -2.22. The van der Waals surface area contributed by atoms with E-state index in [0.29, 0.717) is 18.1 Å². The predicted octanol–water partition coefficient (Wildman–Crippen LogP) is 2.42. The molecule has 1 amide bonds. The van der Waals surface area contributed by atoms with E-state index in [0.717, 1.165) is 19.3 Å². The summed E-state index contributed by atoms with van der Waals surface area (Å²) in [5.74, 6) is 1.18. The van der Waals surface area contributed by atoms with Crippen LogP contribution in [0.25, 0.3) is 0 Å². The smallest absolute Gasteiger partial charge is 0.234 e. The number of nitriles is 1. The van der Waals surface area contributed by atoms with Crippen LogP contribution in [0.15, 0.2) is 24.3 Å². The highest BCUT2D eigenvalue weighted by atomic mass is 16.5. The van der Waals surface area contributed by atoms with Crippen molar-refractivity contribution in [1.29, 1.82) is 5.26 Å². The third-order valence-electron chi connectivity index (χ3n) is 3.47. The summed E-state index contributed by atoms with van der Waals surface area (Å²) in [4.78, 5) is 11.6. The van der Waals surface area contributed by atoms with E-state index in [1.54, 1.807) is 0 Å². The number of carbonyl (C=O) groups excluding carboxylic acids is 1. The molecule has 0 aliphatic heterocycles. The van der Waals surface area contributed by atoms with Gasteiger partial charge < -0.3 is 14.8 Å². The minimum Gasteiger partial charge on any atom is -0.490 e. The maximum atomic E-state index is 11.6. The van der Waals surface area contributed by atoms with E-state index in [4.69, 9.17) is 14.7 Å². The van der Waals surface area contributed by atoms with Crippen LogP contribution in [0.1, 0.15) is 32.6 Å². The zero-order valence-corrected chi connectivity index (χ0v) is 12.2. The van der Waals surface area contributed by atoms with Crippen LogP contribution in [-0.4, -0.2) is 24.7 Å². The van der Waals surface area contributed by atoms with Gasteiger partial charge in [-0.3, -0.25) is 4.79 Å². The molecule has 1 aliphatic rings. The van der Waals surface area contributed by atoms with Crippen molar-refractivity contribution in [3.8, 4) is 17.6 Å². The van der Waals surface area contributed by atoms with Crippen molar-refractivity contribution < 1.29 is 14.3 Å². The Morgan fingerprint density at radius 2 is 2.14 bits per heavy atom. The molecule has 0 heterocycles. The lowest BCUT2D eigenvalue weighted by Gasteiger charge is -2.23. The van der Waals surface area contributed by atoms with Gasteiger partial charge in [0.25, 0.3) is 0 Å². The summed E-state index contributed by atoms with van der Waals surface area (Å²) in [6.45, 7) is 2.50. The summed E-state index contributed by atoms with van der Waals surface area (Å²) in [7, 11) is 0. The highest BCUT2D eigenvalue weighted by Gasteiger charge is 2.30. The van der Waals surface area contributed by atoms with E-state index in [9.17, 15) is 4.79 Å². The van der Waals surface area contributed by atoms with Crippen LogP contribution in [-0.2, 0) is 4.79 Å². The molecule has 2 atom stereocenters. The molecule has 0 radical (unpaired) electrons. The Morgan fingerprint density at radius 3 is 2.86 bits per heavy atom. The standard InChI is InChI=1S/C16H20N2O3/c1-2-20-14-7-3-4-8-15(14)21-13-9-5-6-12(13)18-16(19)10-11-17/h3-4,7-8,12-13H,2,5-6,9-10H2,1H3,(H,18,19). The Balaban J connectivity index is 2.01. The fraction of sp³-hybridized carbons (Fsp3) is 0.500. The van der Waals surface area contributed by atoms with Crippen molar-refractivity contribution in [2.45, 2.75) is 44.8 Å². The van der Waals surface area contributed by atoms with Crippen molar-refractivity contribution in [2.75, 3.05) is 6.61 Å². The molecular formula is C16H20N2O3. The van der Waals surface area contributed by atoms with Gasteiger partial charge in [0, 0.05) is 0 Å². The SMILES string of the molecule is CCOc1ccccc1OC1CCCC1NC(=O)CC#N. The Kier molecular flexibility index (Phi) is 5.44. The van der Waals surface area contributed by atoms with Crippen LogP contribution in [0, 0.1) is 11.3 Å². The monoisotopic (exact) mass is 288 g/mol. The minimum atomic E-state index is -0.240. The van der Waals surface area contributed by atoms with Crippen molar-refractivity contribution in [2.24, 2.45) is 0 Å². The second-order valence-corrected chi connectivity index (χ2v) is 4.98. The van der Waals surface area contributed by atoms with E-state index >= 15 is 0 Å². The number of carbonyl (C=O) groups is 1. The number of para-hydroxylation sites is 2. The van der Waals surface area contributed by atoms with E-state index in [1.807, 2.05) is 37.3 Å². The molecule has 5 nitrogen and oxygen atoms in total. The number of hydrogen-bond donors (Lipinski definition) is 1. The second-order valence-electron chi connectivity index (χ2n) is 4.98. The van der Waals surface area contributed by atoms with Crippen molar-refractivity contribution in [3.63, 3.8) is 0 Å². The van der Waals surface area contributed by atoms with Gasteiger partial charge in [-0.05, 0) is 38.3 Å². The van der Waals surface area contributed by atoms with Crippen LogP contribution >= 0.6 is 0 Å². The molecule has 1 aliphatic carbocycles. The Labute approximate surface area is 124 Å². The van der Waals surface area contributed by atoms with Crippen LogP contribution in [0.3, 0.4) is 0 Å². The van der Waals surface area contributed by atoms with E-state index in [2.05, 4.69) is 5.32 Å². The molecule has 2 unspecified atom stereocenters. The van der Waals surface area contributed by atoms with Crippen molar-refractivity contribution in [3.05, 3.63) is 24.3 Å². The van der Waals surface area contributed by atoms with Gasteiger partial charge in [-0.1, -0.05) is 12.1 Å². The summed E-state index contributed by atoms with van der Waals surface area (Å²) >= 11 is 0. The quantitative estimate of drug-likeness (QED) is 0.872. The first-order chi connectivity index (χ1) is 10.2. The number of hydrogen-bond acceptors (Lipinski definition) is 4.